The molecular formula is C12H19BrN2O3S. The van der Waals surface area contributed by atoms with E-state index < -0.39 is 10.0 Å². The first-order valence-electron chi connectivity index (χ1n) is 6.46. The number of sulfonamides is 1. The molecule has 1 aliphatic rings. The Balaban J connectivity index is 2.09. The van der Waals surface area contributed by atoms with Crippen LogP contribution in [0, 0.1) is 0 Å². The molecule has 5 nitrogen and oxygen atoms in total. The van der Waals surface area contributed by atoms with Crippen LogP contribution in [0.15, 0.2) is 20.0 Å². The monoisotopic (exact) mass is 350 g/mol. The minimum Gasteiger partial charge on any atom is -0.452 e. The molecule has 1 aliphatic carbocycles. The lowest BCUT2D eigenvalue weighted by Gasteiger charge is -2.10. The second kappa shape index (κ2) is 5.95. The molecule has 108 valence electrons. The SMILES string of the molecule is CCC(C)NS(=O)(=O)c1cc(CNC2CC2)oc1Br. The fourth-order valence-corrected chi connectivity index (χ4v) is 3.94. The van der Waals surface area contributed by atoms with Gasteiger partial charge in [-0.05, 0) is 42.1 Å². The molecule has 1 aromatic rings. The molecule has 1 fully saturated rings. The summed E-state index contributed by atoms with van der Waals surface area (Å²) in [4.78, 5) is 0.167. The van der Waals surface area contributed by atoms with Crippen molar-refractivity contribution in [2.75, 3.05) is 0 Å². The van der Waals surface area contributed by atoms with Crippen LogP contribution in [0.25, 0.3) is 0 Å². The van der Waals surface area contributed by atoms with Crippen LogP contribution in [0.3, 0.4) is 0 Å². The molecule has 2 N–H and O–H groups in total. The Morgan fingerprint density at radius 3 is 2.79 bits per heavy atom. The van der Waals surface area contributed by atoms with Gasteiger partial charge in [-0.1, -0.05) is 6.92 Å². The lowest BCUT2D eigenvalue weighted by Crippen LogP contribution is -2.31. The van der Waals surface area contributed by atoms with Crippen LogP contribution in [0.2, 0.25) is 0 Å². The minimum absolute atomic E-state index is 0.0974. The van der Waals surface area contributed by atoms with Crippen molar-refractivity contribution in [3.8, 4) is 0 Å². The molecule has 1 saturated carbocycles. The molecule has 0 bridgehead atoms. The van der Waals surface area contributed by atoms with Gasteiger partial charge in [-0.25, -0.2) is 13.1 Å². The first kappa shape index (κ1) is 15.0. The highest BCUT2D eigenvalue weighted by atomic mass is 79.9. The summed E-state index contributed by atoms with van der Waals surface area (Å²) in [6, 6.07) is 2.03. The van der Waals surface area contributed by atoms with Crippen LogP contribution in [0.5, 0.6) is 0 Å². The Morgan fingerprint density at radius 1 is 1.53 bits per heavy atom. The fourth-order valence-electron chi connectivity index (χ4n) is 1.61. The van der Waals surface area contributed by atoms with Crippen molar-refractivity contribution in [1.29, 1.82) is 0 Å². The fraction of sp³-hybridized carbons (Fsp3) is 0.667. The zero-order valence-electron chi connectivity index (χ0n) is 11.1. The van der Waals surface area contributed by atoms with E-state index in [1.165, 1.54) is 12.8 Å². The van der Waals surface area contributed by atoms with E-state index in [9.17, 15) is 8.42 Å². The van der Waals surface area contributed by atoms with Gasteiger partial charge < -0.3 is 9.73 Å². The molecule has 0 spiro atoms. The highest BCUT2D eigenvalue weighted by molar-refractivity contribution is 9.10. The van der Waals surface area contributed by atoms with Crippen LogP contribution in [0.4, 0.5) is 0 Å². The van der Waals surface area contributed by atoms with Crippen molar-refractivity contribution >= 4 is 26.0 Å². The van der Waals surface area contributed by atoms with Gasteiger partial charge in [0, 0.05) is 18.2 Å². The number of nitrogens with one attached hydrogen (secondary N) is 2. The third kappa shape index (κ3) is 4.05. The summed E-state index contributed by atoms with van der Waals surface area (Å²) in [7, 11) is -3.52. The van der Waals surface area contributed by atoms with Gasteiger partial charge in [0.05, 0.1) is 6.54 Å². The standard InChI is InChI=1S/C12H19BrN2O3S/c1-3-8(2)15-19(16,17)11-6-10(18-12(11)13)7-14-9-4-5-9/h6,8-9,14-15H,3-5,7H2,1-2H3. The predicted molar refractivity (Wildman–Crippen MR) is 76.3 cm³/mol. The van der Waals surface area contributed by atoms with Crippen molar-refractivity contribution in [2.45, 2.75) is 56.6 Å². The second-order valence-corrected chi connectivity index (χ2v) is 7.34. The average molecular weight is 351 g/mol. The zero-order valence-corrected chi connectivity index (χ0v) is 13.5. The Kier molecular flexibility index (Phi) is 4.70. The van der Waals surface area contributed by atoms with Crippen LogP contribution in [-0.4, -0.2) is 20.5 Å². The molecule has 1 heterocycles. The maximum Gasteiger partial charge on any atom is 0.245 e. The van der Waals surface area contributed by atoms with Crippen LogP contribution >= 0.6 is 15.9 Å². The zero-order chi connectivity index (χ0) is 14.0. The molecule has 0 aromatic carbocycles. The normalized spacial score (nSPS) is 17.6. The summed E-state index contributed by atoms with van der Waals surface area (Å²) in [6.07, 6.45) is 3.11. The van der Waals surface area contributed by atoms with Crippen LogP contribution in [-0.2, 0) is 16.6 Å². The van der Waals surface area contributed by atoms with Crippen molar-refractivity contribution in [2.24, 2.45) is 0 Å². The smallest absolute Gasteiger partial charge is 0.245 e. The van der Waals surface area contributed by atoms with Gasteiger partial charge in [0.2, 0.25) is 10.0 Å². The van der Waals surface area contributed by atoms with Gasteiger partial charge >= 0.3 is 0 Å². The first-order chi connectivity index (χ1) is 8.92. The molecule has 1 atom stereocenters. The molecular weight excluding hydrogens is 332 g/mol. The summed E-state index contributed by atoms with van der Waals surface area (Å²) in [6.45, 7) is 4.33. The topological polar surface area (TPSA) is 71.3 Å². The molecule has 0 aliphatic heterocycles. The molecule has 7 heteroatoms. The lowest BCUT2D eigenvalue weighted by atomic mass is 10.3. The molecule has 1 aromatic heterocycles. The number of hydrogen-bond acceptors (Lipinski definition) is 4. The van der Waals surface area contributed by atoms with Gasteiger partial charge in [-0.15, -0.1) is 0 Å². The Hall–Kier alpha value is -0.370. The van der Waals surface area contributed by atoms with E-state index in [4.69, 9.17) is 4.42 Å². The third-order valence-corrected chi connectivity index (χ3v) is 5.55. The Morgan fingerprint density at radius 2 is 2.21 bits per heavy atom. The molecule has 0 radical (unpaired) electrons. The Bertz CT molecular complexity index is 537. The van der Waals surface area contributed by atoms with Gasteiger partial charge in [-0.2, -0.15) is 0 Å². The van der Waals surface area contributed by atoms with E-state index >= 15 is 0 Å². The van der Waals surface area contributed by atoms with E-state index in [1.807, 2.05) is 13.8 Å². The summed E-state index contributed by atoms with van der Waals surface area (Å²) in [5, 5.41) is 3.29. The van der Waals surface area contributed by atoms with E-state index in [2.05, 4.69) is 26.0 Å². The largest absolute Gasteiger partial charge is 0.452 e. The maximum atomic E-state index is 12.2. The van der Waals surface area contributed by atoms with Gasteiger partial charge in [-0.3, -0.25) is 0 Å². The highest BCUT2D eigenvalue weighted by Crippen LogP contribution is 2.27. The molecule has 1 unspecified atom stereocenters. The summed E-state index contributed by atoms with van der Waals surface area (Å²) in [5.74, 6) is 0.628. The van der Waals surface area contributed by atoms with E-state index in [0.717, 1.165) is 6.42 Å². The first-order valence-corrected chi connectivity index (χ1v) is 8.74. The second-order valence-electron chi connectivity index (χ2n) is 4.94. The Labute approximate surface area is 122 Å². The minimum atomic E-state index is -3.52. The van der Waals surface area contributed by atoms with E-state index in [1.54, 1.807) is 6.07 Å². The van der Waals surface area contributed by atoms with Gasteiger partial charge in [0.15, 0.2) is 4.67 Å². The van der Waals surface area contributed by atoms with Crippen molar-refractivity contribution in [1.82, 2.24) is 10.0 Å². The predicted octanol–water partition coefficient (Wildman–Crippen LogP) is 2.37. The molecule has 0 saturated heterocycles. The highest BCUT2D eigenvalue weighted by Gasteiger charge is 2.25. The molecule has 2 rings (SSSR count). The van der Waals surface area contributed by atoms with Crippen molar-refractivity contribution in [3.05, 3.63) is 16.5 Å². The van der Waals surface area contributed by atoms with E-state index in [0.29, 0.717) is 18.3 Å². The summed E-state index contributed by atoms with van der Waals surface area (Å²) < 4.78 is 32.6. The summed E-state index contributed by atoms with van der Waals surface area (Å²) in [5.41, 5.74) is 0. The number of furan rings is 1. The molecule has 19 heavy (non-hydrogen) atoms. The molecule has 0 amide bonds. The third-order valence-electron chi connectivity index (χ3n) is 3.11. The quantitative estimate of drug-likeness (QED) is 0.791. The maximum absolute atomic E-state index is 12.2. The van der Waals surface area contributed by atoms with Crippen LogP contribution < -0.4 is 10.0 Å². The average Bonchev–Trinajstić information content (AvgIpc) is 3.08. The number of hydrogen-bond donors (Lipinski definition) is 2. The summed E-state index contributed by atoms with van der Waals surface area (Å²) >= 11 is 3.17. The van der Waals surface area contributed by atoms with Gasteiger partial charge in [0.1, 0.15) is 10.7 Å². The van der Waals surface area contributed by atoms with E-state index in [-0.39, 0.29) is 15.6 Å². The van der Waals surface area contributed by atoms with Crippen LogP contribution in [0.1, 0.15) is 38.9 Å². The van der Waals surface area contributed by atoms with Crippen molar-refractivity contribution in [3.63, 3.8) is 0 Å². The lowest BCUT2D eigenvalue weighted by molar-refractivity contribution is 0.459. The number of rotatable bonds is 7. The number of halogens is 1. The van der Waals surface area contributed by atoms with Crippen molar-refractivity contribution < 1.29 is 12.8 Å². The van der Waals surface area contributed by atoms with Gasteiger partial charge in [0.25, 0.3) is 0 Å².